The molecule has 9 nitrogen and oxygen atoms in total. The maximum Gasteiger partial charge on any atom is 0.340 e. The summed E-state index contributed by atoms with van der Waals surface area (Å²) in [5.74, 6) is -1.35. The smallest absolute Gasteiger partial charge is 0.340 e. The third-order valence-corrected chi connectivity index (χ3v) is 7.35. The number of nitrogens with one attached hydrogen (secondary N) is 1. The van der Waals surface area contributed by atoms with Crippen LogP contribution in [0.1, 0.15) is 43.5 Å². The molecule has 1 aromatic heterocycles. The standard InChI is InChI=1S/C24H27FN4O5S/c1-4-35(31,32)28-20-14-17(9-11-21(20)29-12-6-5-7-15(29)2)23-26-22(27-34-23)16-8-10-18(19(25)13-16)24(30)33-3/h8-11,13-15,28H,4-7,12H2,1-3H3. The number of methoxy groups -OCH3 is 1. The second kappa shape index (κ2) is 10.0. The Hall–Kier alpha value is -3.47. The minimum Gasteiger partial charge on any atom is -0.465 e. The molecule has 3 aromatic rings. The number of benzene rings is 2. The molecule has 1 N–H and O–H groups in total. The van der Waals surface area contributed by atoms with Crippen LogP contribution in [0.4, 0.5) is 15.8 Å². The van der Waals surface area contributed by atoms with Crippen molar-refractivity contribution in [2.75, 3.05) is 29.0 Å². The lowest BCUT2D eigenvalue weighted by atomic mass is 10.0. The first kappa shape index (κ1) is 24.6. The van der Waals surface area contributed by atoms with Crippen LogP contribution in [-0.4, -0.2) is 50.0 Å². The third kappa shape index (κ3) is 5.29. The van der Waals surface area contributed by atoms with E-state index in [4.69, 9.17) is 4.52 Å². The van der Waals surface area contributed by atoms with Gasteiger partial charge in [0.05, 0.1) is 29.8 Å². The minimum absolute atomic E-state index is 0.0654. The second-order valence-electron chi connectivity index (χ2n) is 8.38. The zero-order valence-electron chi connectivity index (χ0n) is 19.7. The Morgan fingerprint density at radius 2 is 2.00 bits per heavy atom. The predicted octanol–water partition coefficient (Wildman–Crippen LogP) is 4.47. The number of sulfonamides is 1. The number of hydrogen-bond donors (Lipinski definition) is 1. The Morgan fingerprint density at radius 3 is 2.69 bits per heavy atom. The lowest BCUT2D eigenvalue weighted by Crippen LogP contribution is -2.38. The molecule has 2 heterocycles. The van der Waals surface area contributed by atoms with Gasteiger partial charge in [-0.05, 0) is 69.5 Å². The van der Waals surface area contributed by atoms with Gasteiger partial charge in [-0.3, -0.25) is 4.72 Å². The topological polar surface area (TPSA) is 115 Å². The van der Waals surface area contributed by atoms with E-state index in [0.717, 1.165) is 37.6 Å². The Labute approximate surface area is 203 Å². The first-order chi connectivity index (χ1) is 16.7. The van der Waals surface area contributed by atoms with Crippen molar-refractivity contribution in [3.63, 3.8) is 0 Å². The molecule has 0 aliphatic carbocycles. The average Bonchev–Trinajstić information content (AvgIpc) is 3.34. The van der Waals surface area contributed by atoms with E-state index in [2.05, 4.69) is 31.4 Å². The predicted molar refractivity (Wildman–Crippen MR) is 130 cm³/mol. The van der Waals surface area contributed by atoms with Crippen molar-refractivity contribution in [1.29, 1.82) is 0 Å². The fourth-order valence-corrected chi connectivity index (χ4v) is 4.73. The largest absolute Gasteiger partial charge is 0.465 e. The Kier molecular flexibility index (Phi) is 7.06. The summed E-state index contributed by atoms with van der Waals surface area (Å²) < 4.78 is 51.8. The van der Waals surface area contributed by atoms with Crippen molar-refractivity contribution < 1.29 is 26.9 Å². The fraction of sp³-hybridized carbons (Fsp3) is 0.375. The van der Waals surface area contributed by atoms with E-state index in [1.54, 1.807) is 19.1 Å². The summed E-state index contributed by atoms with van der Waals surface area (Å²) in [4.78, 5) is 18.2. The van der Waals surface area contributed by atoms with Crippen LogP contribution >= 0.6 is 0 Å². The number of piperidine rings is 1. The molecule has 11 heteroatoms. The zero-order chi connectivity index (χ0) is 25.2. The molecular formula is C24H27FN4O5S. The lowest BCUT2D eigenvalue weighted by Gasteiger charge is -2.36. The van der Waals surface area contributed by atoms with Crippen LogP contribution in [0.25, 0.3) is 22.8 Å². The summed E-state index contributed by atoms with van der Waals surface area (Å²) >= 11 is 0. The maximum absolute atomic E-state index is 14.3. The van der Waals surface area contributed by atoms with E-state index in [0.29, 0.717) is 16.8 Å². The molecule has 1 saturated heterocycles. The SMILES string of the molecule is CCS(=O)(=O)Nc1cc(-c2nc(-c3ccc(C(=O)OC)c(F)c3)no2)ccc1N1CCCCC1C. The first-order valence-corrected chi connectivity index (χ1v) is 13.0. The number of carbonyl (C=O) groups is 1. The van der Waals surface area contributed by atoms with Gasteiger partial charge in [0.25, 0.3) is 5.89 Å². The molecule has 1 atom stereocenters. The number of halogens is 1. The van der Waals surface area contributed by atoms with Gasteiger partial charge in [0.15, 0.2) is 0 Å². The number of ether oxygens (including phenoxy) is 1. The number of esters is 1. The van der Waals surface area contributed by atoms with Gasteiger partial charge in [0.2, 0.25) is 15.8 Å². The van der Waals surface area contributed by atoms with E-state index >= 15 is 0 Å². The van der Waals surface area contributed by atoms with E-state index in [9.17, 15) is 17.6 Å². The van der Waals surface area contributed by atoms with Crippen molar-refractivity contribution in [3.05, 3.63) is 47.8 Å². The zero-order valence-corrected chi connectivity index (χ0v) is 20.6. The quantitative estimate of drug-likeness (QED) is 0.471. The van der Waals surface area contributed by atoms with Gasteiger partial charge in [-0.25, -0.2) is 17.6 Å². The molecule has 1 aliphatic heterocycles. The average molecular weight is 503 g/mol. The van der Waals surface area contributed by atoms with Crippen LogP contribution in [0.3, 0.4) is 0 Å². The van der Waals surface area contributed by atoms with E-state index in [1.807, 2.05) is 6.07 Å². The number of nitrogens with zero attached hydrogens (tertiary/aromatic N) is 3. The third-order valence-electron chi connectivity index (χ3n) is 6.06. The van der Waals surface area contributed by atoms with Gasteiger partial charge < -0.3 is 14.2 Å². The Bertz CT molecular complexity index is 1340. The van der Waals surface area contributed by atoms with Crippen molar-refractivity contribution in [2.45, 2.75) is 39.2 Å². The van der Waals surface area contributed by atoms with Gasteiger partial charge in [-0.2, -0.15) is 4.98 Å². The molecule has 1 aliphatic rings. The Morgan fingerprint density at radius 1 is 1.23 bits per heavy atom. The van der Waals surface area contributed by atoms with E-state index in [1.165, 1.54) is 19.2 Å². The van der Waals surface area contributed by atoms with Crippen molar-refractivity contribution >= 4 is 27.4 Å². The first-order valence-electron chi connectivity index (χ1n) is 11.4. The molecule has 186 valence electrons. The van der Waals surface area contributed by atoms with Crippen LogP contribution in [0.2, 0.25) is 0 Å². The van der Waals surface area contributed by atoms with E-state index < -0.39 is 21.8 Å². The molecule has 0 amide bonds. The number of anilines is 2. The summed E-state index contributed by atoms with van der Waals surface area (Å²) in [5, 5.41) is 3.93. The van der Waals surface area contributed by atoms with Gasteiger partial charge in [-0.15, -0.1) is 0 Å². The highest BCUT2D eigenvalue weighted by molar-refractivity contribution is 7.92. The van der Waals surface area contributed by atoms with Gasteiger partial charge in [0, 0.05) is 23.7 Å². The normalized spacial score (nSPS) is 16.2. The molecule has 1 unspecified atom stereocenters. The van der Waals surface area contributed by atoms with Crippen molar-refractivity contribution in [3.8, 4) is 22.8 Å². The molecular weight excluding hydrogens is 475 g/mol. The molecule has 35 heavy (non-hydrogen) atoms. The number of carbonyl (C=O) groups excluding carboxylic acids is 1. The molecule has 4 rings (SSSR count). The van der Waals surface area contributed by atoms with Gasteiger partial charge in [-0.1, -0.05) is 5.16 Å². The summed E-state index contributed by atoms with van der Waals surface area (Å²) in [6.45, 7) is 4.53. The van der Waals surface area contributed by atoms with Crippen LogP contribution in [-0.2, 0) is 14.8 Å². The molecule has 0 spiro atoms. The maximum atomic E-state index is 14.3. The molecule has 1 fully saturated rings. The Balaban J connectivity index is 1.69. The van der Waals surface area contributed by atoms with Crippen LogP contribution in [0, 0.1) is 5.82 Å². The highest BCUT2D eigenvalue weighted by Gasteiger charge is 2.24. The van der Waals surface area contributed by atoms with Gasteiger partial charge in [0.1, 0.15) is 5.82 Å². The van der Waals surface area contributed by atoms with Crippen LogP contribution in [0.15, 0.2) is 40.9 Å². The van der Waals surface area contributed by atoms with Crippen molar-refractivity contribution in [2.24, 2.45) is 0 Å². The molecule has 0 radical (unpaired) electrons. The van der Waals surface area contributed by atoms with Crippen molar-refractivity contribution in [1.82, 2.24) is 10.1 Å². The second-order valence-corrected chi connectivity index (χ2v) is 10.4. The summed E-state index contributed by atoms with van der Waals surface area (Å²) in [6, 6.07) is 9.49. The lowest BCUT2D eigenvalue weighted by molar-refractivity contribution is 0.0595. The van der Waals surface area contributed by atoms with E-state index in [-0.39, 0.29) is 29.1 Å². The molecule has 0 saturated carbocycles. The van der Waals surface area contributed by atoms with Crippen LogP contribution in [0.5, 0.6) is 0 Å². The summed E-state index contributed by atoms with van der Waals surface area (Å²) in [6.07, 6.45) is 3.20. The molecule has 2 aromatic carbocycles. The van der Waals surface area contributed by atoms with Gasteiger partial charge >= 0.3 is 5.97 Å². The monoisotopic (exact) mass is 502 g/mol. The summed E-state index contributed by atoms with van der Waals surface area (Å²) in [5.41, 5.74) is 1.85. The highest BCUT2D eigenvalue weighted by Crippen LogP contribution is 2.35. The highest BCUT2D eigenvalue weighted by atomic mass is 32.2. The molecule has 0 bridgehead atoms. The summed E-state index contributed by atoms with van der Waals surface area (Å²) in [7, 11) is -2.35. The number of aromatic nitrogens is 2. The van der Waals surface area contributed by atoms with Crippen LogP contribution < -0.4 is 9.62 Å². The fourth-order valence-electron chi connectivity index (χ4n) is 4.08. The number of rotatable bonds is 7. The minimum atomic E-state index is -3.53. The number of hydrogen-bond acceptors (Lipinski definition) is 8.